The van der Waals surface area contributed by atoms with Crippen LogP contribution < -0.4 is 5.73 Å². The van der Waals surface area contributed by atoms with Gasteiger partial charge in [-0.1, -0.05) is 20.8 Å². The molecule has 0 aliphatic rings. The predicted molar refractivity (Wildman–Crippen MR) is 89.8 cm³/mol. The van der Waals surface area contributed by atoms with Crippen molar-refractivity contribution in [3.8, 4) is 0 Å². The second-order valence-electron chi connectivity index (χ2n) is 6.88. The Morgan fingerprint density at radius 2 is 1.10 bits per heavy atom. The first-order chi connectivity index (χ1) is 8.50. The van der Waals surface area contributed by atoms with E-state index >= 15 is 0 Å². The first kappa shape index (κ1) is 19.4. The van der Waals surface area contributed by atoms with E-state index in [1.165, 1.54) is 27.8 Å². The first-order valence-corrected chi connectivity index (χ1v) is 7.00. The molecule has 1 aromatic rings. The maximum absolute atomic E-state index is 10.5. The molecule has 3 N–H and O–H groups in total. The molecule has 0 radical (unpaired) electrons. The fourth-order valence-corrected chi connectivity index (χ4v) is 2.73. The molecule has 116 valence electrons. The Hall–Kier alpha value is -0.570. The van der Waals surface area contributed by atoms with Crippen LogP contribution in [0.4, 0.5) is 0 Å². The average molecular weight is 300 g/mol. The summed E-state index contributed by atoms with van der Waals surface area (Å²) in [4.78, 5) is 0. The molecule has 0 heterocycles. The van der Waals surface area contributed by atoms with Crippen molar-refractivity contribution >= 4 is 12.4 Å². The quantitative estimate of drug-likeness (QED) is 0.865. The molecule has 0 saturated carbocycles. The molecule has 2 nitrogen and oxygen atoms in total. The number of aliphatic hydroxyl groups excluding tert-OH is 1. The number of rotatable bonds is 2. The molecular weight excluding hydrogens is 270 g/mol. The SMILES string of the molecule is Cc1c(C)c(C)c([C@@H](N)[C@@H](O)C(C)(C)C)c(C)c1C.Cl. The van der Waals surface area contributed by atoms with Gasteiger partial charge in [-0.3, -0.25) is 0 Å². The highest BCUT2D eigenvalue weighted by atomic mass is 35.5. The van der Waals surface area contributed by atoms with Gasteiger partial charge in [-0.15, -0.1) is 12.4 Å². The largest absolute Gasteiger partial charge is 0.391 e. The lowest BCUT2D eigenvalue weighted by Crippen LogP contribution is -2.38. The number of benzene rings is 1. The Morgan fingerprint density at radius 1 is 0.800 bits per heavy atom. The van der Waals surface area contributed by atoms with Crippen LogP contribution in [0.3, 0.4) is 0 Å². The van der Waals surface area contributed by atoms with E-state index in [0.717, 1.165) is 5.56 Å². The molecule has 1 aromatic carbocycles. The van der Waals surface area contributed by atoms with Gasteiger partial charge in [0.15, 0.2) is 0 Å². The number of hydrogen-bond acceptors (Lipinski definition) is 2. The van der Waals surface area contributed by atoms with Crippen LogP contribution in [0.15, 0.2) is 0 Å². The van der Waals surface area contributed by atoms with Gasteiger partial charge in [0, 0.05) is 0 Å². The first-order valence-electron chi connectivity index (χ1n) is 7.00. The molecular formula is C17H30ClNO. The lowest BCUT2D eigenvalue weighted by molar-refractivity contribution is 0.0397. The zero-order valence-electron chi connectivity index (χ0n) is 14.1. The highest BCUT2D eigenvalue weighted by Gasteiger charge is 2.31. The maximum Gasteiger partial charge on any atom is 0.0781 e. The van der Waals surface area contributed by atoms with E-state index in [-0.39, 0.29) is 23.9 Å². The van der Waals surface area contributed by atoms with Crippen molar-refractivity contribution in [1.29, 1.82) is 0 Å². The Bertz CT molecular complexity index is 460. The summed E-state index contributed by atoms with van der Waals surface area (Å²) in [5, 5.41) is 10.5. The normalized spacial score (nSPS) is 14.7. The Kier molecular flexibility index (Phi) is 6.28. The van der Waals surface area contributed by atoms with Crippen molar-refractivity contribution in [3.63, 3.8) is 0 Å². The summed E-state index contributed by atoms with van der Waals surface area (Å²) in [5.74, 6) is 0. The van der Waals surface area contributed by atoms with Gasteiger partial charge in [0.2, 0.25) is 0 Å². The van der Waals surface area contributed by atoms with Crippen LogP contribution in [0.5, 0.6) is 0 Å². The maximum atomic E-state index is 10.5. The van der Waals surface area contributed by atoms with E-state index in [2.05, 4.69) is 34.6 Å². The van der Waals surface area contributed by atoms with Crippen molar-refractivity contribution in [2.24, 2.45) is 11.1 Å². The third-order valence-electron chi connectivity index (χ3n) is 4.62. The minimum absolute atomic E-state index is 0. The van der Waals surface area contributed by atoms with Gasteiger partial charge in [-0.25, -0.2) is 0 Å². The van der Waals surface area contributed by atoms with Gasteiger partial charge >= 0.3 is 0 Å². The highest BCUT2D eigenvalue weighted by molar-refractivity contribution is 5.85. The summed E-state index contributed by atoms with van der Waals surface area (Å²) >= 11 is 0. The zero-order valence-corrected chi connectivity index (χ0v) is 14.9. The second kappa shape index (κ2) is 6.46. The van der Waals surface area contributed by atoms with E-state index in [1.54, 1.807) is 0 Å². The molecule has 0 aromatic heterocycles. The minimum atomic E-state index is -0.550. The van der Waals surface area contributed by atoms with Crippen LogP contribution in [-0.2, 0) is 0 Å². The van der Waals surface area contributed by atoms with Crippen LogP contribution in [0.25, 0.3) is 0 Å². The molecule has 3 heteroatoms. The number of nitrogens with two attached hydrogens (primary N) is 1. The van der Waals surface area contributed by atoms with E-state index in [4.69, 9.17) is 5.73 Å². The molecule has 0 spiro atoms. The van der Waals surface area contributed by atoms with Crippen molar-refractivity contribution in [1.82, 2.24) is 0 Å². The van der Waals surface area contributed by atoms with Gasteiger partial charge in [-0.2, -0.15) is 0 Å². The molecule has 0 amide bonds. The van der Waals surface area contributed by atoms with Gasteiger partial charge in [0.25, 0.3) is 0 Å². The lowest BCUT2D eigenvalue weighted by atomic mass is 9.78. The monoisotopic (exact) mass is 299 g/mol. The van der Waals surface area contributed by atoms with Crippen LogP contribution >= 0.6 is 12.4 Å². The minimum Gasteiger partial charge on any atom is -0.391 e. The average Bonchev–Trinajstić information content (AvgIpc) is 2.31. The topological polar surface area (TPSA) is 46.2 Å². The van der Waals surface area contributed by atoms with Crippen molar-refractivity contribution < 1.29 is 5.11 Å². The molecule has 0 fully saturated rings. The van der Waals surface area contributed by atoms with E-state index in [1.807, 2.05) is 20.8 Å². The Morgan fingerprint density at radius 3 is 1.40 bits per heavy atom. The van der Waals surface area contributed by atoms with E-state index < -0.39 is 6.10 Å². The summed E-state index contributed by atoms with van der Waals surface area (Å²) in [5.41, 5.74) is 13.6. The van der Waals surface area contributed by atoms with Crippen molar-refractivity contribution in [2.75, 3.05) is 0 Å². The summed E-state index contributed by atoms with van der Waals surface area (Å²) in [6.07, 6.45) is -0.550. The third kappa shape index (κ3) is 3.36. The van der Waals surface area contributed by atoms with Crippen LogP contribution in [0, 0.1) is 40.0 Å². The number of halogens is 1. The van der Waals surface area contributed by atoms with Gasteiger partial charge in [0.05, 0.1) is 12.1 Å². The van der Waals surface area contributed by atoms with Gasteiger partial charge in [-0.05, 0) is 73.4 Å². The molecule has 0 unspecified atom stereocenters. The second-order valence-corrected chi connectivity index (χ2v) is 6.88. The highest BCUT2D eigenvalue weighted by Crippen LogP contribution is 2.35. The van der Waals surface area contributed by atoms with Crippen LogP contribution in [-0.4, -0.2) is 11.2 Å². The molecule has 0 bridgehead atoms. The van der Waals surface area contributed by atoms with Crippen LogP contribution in [0.2, 0.25) is 0 Å². The fraction of sp³-hybridized carbons (Fsp3) is 0.647. The summed E-state index contributed by atoms with van der Waals surface area (Å²) in [7, 11) is 0. The molecule has 20 heavy (non-hydrogen) atoms. The smallest absolute Gasteiger partial charge is 0.0781 e. The van der Waals surface area contributed by atoms with Gasteiger partial charge in [0.1, 0.15) is 0 Å². The molecule has 2 atom stereocenters. The lowest BCUT2D eigenvalue weighted by Gasteiger charge is -2.33. The van der Waals surface area contributed by atoms with Crippen molar-refractivity contribution in [2.45, 2.75) is 67.5 Å². The third-order valence-corrected chi connectivity index (χ3v) is 4.62. The summed E-state index contributed by atoms with van der Waals surface area (Å²) in [6.45, 7) is 16.7. The molecule has 0 aliphatic carbocycles. The van der Waals surface area contributed by atoms with Crippen molar-refractivity contribution in [3.05, 3.63) is 33.4 Å². The predicted octanol–water partition coefficient (Wildman–Crippen LogP) is 4.06. The summed E-state index contributed by atoms with van der Waals surface area (Å²) < 4.78 is 0. The standard InChI is InChI=1S/C17H29NO.ClH/c1-9-10(2)12(4)14(13(5)11(9)3)15(18)16(19)17(6,7)8;/h15-16,19H,18H2,1-8H3;1H/t15-,16-;/m1./s1. The number of hydrogen-bond donors (Lipinski definition) is 2. The molecule has 1 rings (SSSR count). The summed E-state index contributed by atoms with van der Waals surface area (Å²) in [6, 6.07) is -0.335. The van der Waals surface area contributed by atoms with Crippen LogP contribution in [0.1, 0.15) is 60.2 Å². The molecule has 0 aliphatic heterocycles. The van der Waals surface area contributed by atoms with E-state index in [0.29, 0.717) is 0 Å². The van der Waals surface area contributed by atoms with Gasteiger partial charge < -0.3 is 10.8 Å². The Balaban J connectivity index is 0.00000361. The Labute approximate surface area is 130 Å². The fourth-order valence-electron chi connectivity index (χ4n) is 2.73. The molecule has 0 saturated heterocycles. The van der Waals surface area contributed by atoms with E-state index in [9.17, 15) is 5.11 Å². The zero-order chi connectivity index (χ0) is 15.1. The number of aliphatic hydroxyl groups is 1.